The summed E-state index contributed by atoms with van der Waals surface area (Å²) in [5.41, 5.74) is 2.80. The Kier molecular flexibility index (Phi) is 2.30. The molecule has 0 fully saturated rings. The molecule has 1 aromatic heterocycles. The van der Waals surface area contributed by atoms with E-state index in [0.29, 0.717) is 5.69 Å². The number of aryl methyl sites for hydroxylation is 1. The van der Waals surface area contributed by atoms with Gasteiger partial charge in [-0.25, -0.2) is 0 Å². The number of carbonyl (C=O) groups excluding carboxylic acids is 2. The van der Waals surface area contributed by atoms with Crippen LogP contribution >= 0.6 is 0 Å². The van der Waals surface area contributed by atoms with E-state index in [1.54, 1.807) is 0 Å². The van der Waals surface area contributed by atoms with E-state index in [4.69, 9.17) is 0 Å². The van der Waals surface area contributed by atoms with Crippen LogP contribution in [-0.4, -0.2) is 16.6 Å². The first-order chi connectivity index (χ1) is 7.34. The molecule has 16 heavy (non-hydrogen) atoms. The van der Waals surface area contributed by atoms with Gasteiger partial charge in [0.2, 0.25) is 0 Å². The summed E-state index contributed by atoms with van der Waals surface area (Å²) in [5.74, 6) is 0.160. The third kappa shape index (κ3) is 1.42. The van der Waals surface area contributed by atoms with Crippen molar-refractivity contribution in [1.82, 2.24) is 4.98 Å². The zero-order chi connectivity index (χ0) is 12.1. The van der Waals surface area contributed by atoms with Gasteiger partial charge in [0.05, 0.1) is 5.69 Å². The number of hydrogen-bond donors (Lipinski definition) is 1. The number of hydrogen-bond acceptors (Lipinski definition) is 2. The molecule has 3 heteroatoms. The minimum absolute atomic E-state index is 0.00231. The Morgan fingerprint density at radius 3 is 2.56 bits per heavy atom. The van der Waals surface area contributed by atoms with E-state index < -0.39 is 0 Å². The first-order valence-electron chi connectivity index (χ1n) is 5.62. The van der Waals surface area contributed by atoms with Crippen molar-refractivity contribution in [2.45, 2.75) is 40.5 Å². The van der Waals surface area contributed by atoms with E-state index in [2.05, 4.69) is 4.98 Å². The molecular weight excluding hydrogens is 202 g/mol. The van der Waals surface area contributed by atoms with Gasteiger partial charge in [0, 0.05) is 23.6 Å². The van der Waals surface area contributed by atoms with Crippen LogP contribution in [0.25, 0.3) is 0 Å². The molecule has 0 aromatic carbocycles. The molecule has 2 rings (SSSR count). The molecular formula is C13H17NO2. The number of fused-ring (bicyclic) bond motifs is 1. The Bertz CT molecular complexity index is 480. The molecule has 1 aromatic rings. The van der Waals surface area contributed by atoms with Crippen LogP contribution in [0.2, 0.25) is 0 Å². The highest BCUT2D eigenvalue weighted by Gasteiger charge is 2.37. The Balaban J connectivity index is 2.61. The summed E-state index contributed by atoms with van der Waals surface area (Å²) in [6.07, 6.45) is 1.69. The van der Waals surface area contributed by atoms with Crippen LogP contribution in [-0.2, 0) is 6.42 Å². The number of nitrogens with one attached hydrogen (secondary N) is 1. The fraction of sp³-hybridized carbons (Fsp3) is 0.538. The maximum absolute atomic E-state index is 12.3. The molecule has 0 atom stereocenters. The van der Waals surface area contributed by atoms with Crippen molar-refractivity contribution in [2.75, 3.05) is 0 Å². The Morgan fingerprint density at radius 2 is 2.00 bits per heavy atom. The van der Waals surface area contributed by atoms with Gasteiger partial charge in [0.1, 0.15) is 0 Å². The normalized spacial score (nSPS) is 18.4. The molecule has 0 amide bonds. The van der Waals surface area contributed by atoms with Gasteiger partial charge < -0.3 is 4.98 Å². The van der Waals surface area contributed by atoms with E-state index in [0.717, 1.165) is 29.7 Å². The first-order valence-corrected chi connectivity index (χ1v) is 5.62. The second kappa shape index (κ2) is 3.30. The van der Waals surface area contributed by atoms with Crippen LogP contribution in [0.3, 0.4) is 0 Å². The van der Waals surface area contributed by atoms with Gasteiger partial charge in [-0.3, -0.25) is 9.59 Å². The highest BCUT2D eigenvalue weighted by molar-refractivity contribution is 6.06. The Hall–Kier alpha value is -1.38. The number of aromatic nitrogens is 1. The number of carbonyl (C=O) groups is 2. The number of H-pyrrole nitrogens is 1. The lowest BCUT2D eigenvalue weighted by molar-refractivity contribution is 0.0810. The van der Waals surface area contributed by atoms with Crippen LogP contribution in [0.5, 0.6) is 0 Å². The van der Waals surface area contributed by atoms with Crippen molar-refractivity contribution in [2.24, 2.45) is 5.41 Å². The molecule has 1 heterocycles. The molecule has 0 unspecified atom stereocenters. The molecule has 1 N–H and O–H groups in total. The van der Waals surface area contributed by atoms with E-state index in [9.17, 15) is 9.59 Å². The Morgan fingerprint density at radius 1 is 1.38 bits per heavy atom. The maximum atomic E-state index is 12.3. The van der Waals surface area contributed by atoms with Gasteiger partial charge in [-0.15, -0.1) is 0 Å². The van der Waals surface area contributed by atoms with Crippen LogP contribution in [0.1, 0.15) is 59.3 Å². The fourth-order valence-corrected chi connectivity index (χ4v) is 2.39. The molecule has 0 spiro atoms. The second-order valence-corrected chi connectivity index (χ2v) is 5.25. The quantitative estimate of drug-likeness (QED) is 0.738. The van der Waals surface area contributed by atoms with Crippen LogP contribution in [0.4, 0.5) is 0 Å². The summed E-state index contributed by atoms with van der Waals surface area (Å²) in [6, 6.07) is 0. The number of ketones is 2. The van der Waals surface area contributed by atoms with Gasteiger partial charge in [-0.2, -0.15) is 0 Å². The summed E-state index contributed by atoms with van der Waals surface area (Å²) >= 11 is 0. The zero-order valence-electron chi connectivity index (χ0n) is 10.2. The van der Waals surface area contributed by atoms with Crippen molar-refractivity contribution in [1.29, 1.82) is 0 Å². The lowest BCUT2D eigenvalue weighted by Gasteiger charge is -2.27. The zero-order valence-corrected chi connectivity index (χ0v) is 10.2. The second-order valence-electron chi connectivity index (χ2n) is 5.25. The predicted octanol–water partition coefficient (Wildman–Crippen LogP) is 2.68. The van der Waals surface area contributed by atoms with Crippen LogP contribution in [0.15, 0.2) is 0 Å². The monoisotopic (exact) mass is 219 g/mol. The van der Waals surface area contributed by atoms with Crippen molar-refractivity contribution in [3.05, 3.63) is 22.5 Å². The molecule has 0 saturated heterocycles. The summed E-state index contributed by atoms with van der Waals surface area (Å²) in [4.78, 5) is 26.8. The average molecular weight is 219 g/mol. The average Bonchev–Trinajstić information content (AvgIpc) is 2.51. The van der Waals surface area contributed by atoms with Crippen molar-refractivity contribution < 1.29 is 9.59 Å². The standard InChI is InChI=1S/C13H17NO2/c1-7-10-9(14-11(7)8(2)15)5-6-13(3,4)12(10)16/h14H,5-6H2,1-4H3. The highest BCUT2D eigenvalue weighted by Crippen LogP contribution is 2.36. The number of aromatic amines is 1. The summed E-state index contributed by atoms with van der Waals surface area (Å²) < 4.78 is 0. The van der Waals surface area contributed by atoms with E-state index in [-0.39, 0.29) is 17.0 Å². The molecule has 1 aliphatic carbocycles. The molecule has 3 nitrogen and oxygen atoms in total. The van der Waals surface area contributed by atoms with E-state index >= 15 is 0 Å². The predicted molar refractivity (Wildman–Crippen MR) is 62.0 cm³/mol. The summed E-state index contributed by atoms with van der Waals surface area (Å²) in [6.45, 7) is 7.32. The molecule has 1 aliphatic rings. The first kappa shape index (κ1) is 11.1. The number of rotatable bonds is 1. The summed E-state index contributed by atoms with van der Waals surface area (Å²) in [7, 11) is 0. The molecule has 0 aliphatic heterocycles. The highest BCUT2D eigenvalue weighted by atomic mass is 16.1. The Labute approximate surface area is 95.2 Å². The molecule has 0 saturated carbocycles. The molecule has 0 radical (unpaired) electrons. The minimum atomic E-state index is -0.298. The van der Waals surface area contributed by atoms with Gasteiger partial charge in [-0.05, 0) is 25.3 Å². The molecule has 0 bridgehead atoms. The smallest absolute Gasteiger partial charge is 0.176 e. The third-order valence-electron chi connectivity index (χ3n) is 3.52. The topological polar surface area (TPSA) is 49.9 Å². The van der Waals surface area contributed by atoms with E-state index in [1.807, 2.05) is 20.8 Å². The fourth-order valence-electron chi connectivity index (χ4n) is 2.39. The van der Waals surface area contributed by atoms with Gasteiger partial charge in [-0.1, -0.05) is 13.8 Å². The maximum Gasteiger partial charge on any atom is 0.176 e. The van der Waals surface area contributed by atoms with Gasteiger partial charge >= 0.3 is 0 Å². The van der Waals surface area contributed by atoms with Crippen molar-refractivity contribution >= 4 is 11.6 Å². The van der Waals surface area contributed by atoms with Crippen molar-refractivity contribution in [3.63, 3.8) is 0 Å². The van der Waals surface area contributed by atoms with Gasteiger partial charge in [0.15, 0.2) is 11.6 Å². The lowest BCUT2D eigenvalue weighted by Crippen LogP contribution is -2.30. The largest absolute Gasteiger partial charge is 0.355 e. The minimum Gasteiger partial charge on any atom is -0.355 e. The van der Waals surface area contributed by atoms with Gasteiger partial charge in [0.25, 0.3) is 0 Å². The van der Waals surface area contributed by atoms with E-state index in [1.165, 1.54) is 6.92 Å². The lowest BCUT2D eigenvalue weighted by atomic mass is 9.74. The van der Waals surface area contributed by atoms with Crippen LogP contribution in [0, 0.1) is 12.3 Å². The SMILES string of the molecule is CC(=O)c1[nH]c2c(c1C)C(=O)C(C)(C)CC2. The third-order valence-corrected chi connectivity index (χ3v) is 3.52. The molecule has 86 valence electrons. The summed E-state index contributed by atoms with van der Waals surface area (Å²) in [5, 5.41) is 0. The van der Waals surface area contributed by atoms with Crippen molar-refractivity contribution in [3.8, 4) is 0 Å². The van der Waals surface area contributed by atoms with Crippen LogP contribution < -0.4 is 0 Å². The number of Topliss-reactive ketones (excluding diaryl/α,β-unsaturated/α-hetero) is 2.